The fourth-order valence-electron chi connectivity index (χ4n) is 14.1. The number of aryl methyl sites for hydroxylation is 2. The van der Waals surface area contributed by atoms with Crippen LogP contribution >= 0.6 is 0 Å². The second kappa shape index (κ2) is 22.2. The number of carboxylic acid groups (broad SMARTS) is 1. The molecule has 17 nitrogen and oxygen atoms in total. The van der Waals surface area contributed by atoms with Crippen molar-refractivity contribution < 1.29 is 87.6 Å². The fourth-order valence-corrected chi connectivity index (χ4v) is 16.2. The Kier molecular flexibility index (Phi) is 15.8. The SMILES string of the molecule is CCOC(=O)[C@H]1[C@@H]2Cc3cc(OCc4cc(-c5ccc(N6CC7(C6)CN(S(C)(=O)=O)C7)cc5F)c(C)cc4F)ncc3[C@@H]21.Cc1cc(F)c(COc2cc3c(cn2)[C@H]2[C@@H](C3)[C@@H]2C(=O)O)cc1-c1ccc(N2CC3(C2)CN(S(C)(=O)=O)C3)cc1F.[Li+].[OH-]. The van der Waals surface area contributed by atoms with Crippen LogP contribution in [-0.2, 0) is 60.4 Å². The summed E-state index contributed by atoms with van der Waals surface area (Å²) in [5, 5.41) is 9.30. The van der Waals surface area contributed by atoms with Crippen LogP contribution in [0.4, 0.5) is 28.9 Å². The number of aromatic nitrogens is 2. The molecule has 6 heterocycles. The Morgan fingerprint density at radius 3 is 1.38 bits per heavy atom. The number of benzene rings is 4. The molecule has 86 heavy (non-hydrogen) atoms. The van der Waals surface area contributed by atoms with Crippen LogP contribution in [0, 0.1) is 71.6 Å². The molecular formula is C62H63F4LiN6O11S2. The van der Waals surface area contributed by atoms with Gasteiger partial charge in [-0.2, -0.15) is 0 Å². The molecule has 2 saturated carbocycles. The number of nitrogens with zero attached hydrogens (tertiary/aromatic N) is 6. The van der Waals surface area contributed by atoms with Crippen molar-refractivity contribution in [2.24, 2.45) is 34.5 Å². The molecule has 6 fully saturated rings. The monoisotopic (exact) mass is 1210 g/mol. The average Bonchev–Trinajstić information content (AvgIpc) is 1.41. The molecule has 0 amide bonds. The first-order valence-electron chi connectivity index (χ1n) is 28.1. The molecule has 24 heteroatoms. The Labute approximate surface area is 508 Å². The summed E-state index contributed by atoms with van der Waals surface area (Å²) in [6.07, 6.45) is 7.28. The van der Waals surface area contributed by atoms with Gasteiger partial charge in [-0.1, -0.05) is 0 Å². The number of esters is 1. The largest absolute Gasteiger partial charge is 1.00 e. The first-order valence-corrected chi connectivity index (χ1v) is 31.8. The van der Waals surface area contributed by atoms with E-state index in [1.165, 1.54) is 45.4 Å². The Bertz CT molecular complexity index is 3980. The van der Waals surface area contributed by atoms with E-state index < -0.39 is 49.3 Å². The first kappa shape index (κ1) is 61.1. The molecule has 14 rings (SSSR count). The van der Waals surface area contributed by atoms with Crippen LogP contribution in [0.1, 0.15) is 63.3 Å². The van der Waals surface area contributed by atoms with Crippen LogP contribution in [0.2, 0.25) is 0 Å². The number of ether oxygens (including phenoxy) is 3. The number of hydrogen-bond donors (Lipinski definition) is 1. The number of anilines is 2. The van der Waals surface area contributed by atoms with Crippen LogP contribution in [0.3, 0.4) is 0 Å². The summed E-state index contributed by atoms with van der Waals surface area (Å²) in [4.78, 5) is 36.3. The minimum atomic E-state index is -3.18. The van der Waals surface area contributed by atoms with Crippen molar-refractivity contribution in [2.45, 2.75) is 58.7 Å². The predicted octanol–water partition coefficient (Wildman–Crippen LogP) is 5.24. The predicted molar refractivity (Wildman–Crippen MR) is 305 cm³/mol. The van der Waals surface area contributed by atoms with Gasteiger partial charge < -0.3 is 34.6 Å². The molecule has 2 N–H and O–H groups in total. The Morgan fingerprint density at radius 1 is 0.593 bits per heavy atom. The molecule has 4 aliphatic carbocycles. The number of rotatable bonds is 15. The van der Waals surface area contributed by atoms with Crippen molar-refractivity contribution in [2.75, 3.05) is 81.3 Å². The number of halogens is 4. The number of sulfonamides is 2. The Hall–Kier alpha value is -6.58. The molecule has 8 aliphatic rings. The molecule has 0 radical (unpaired) electrons. The summed E-state index contributed by atoms with van der Waals surface area (Å²) >= 11 is 0. The van der Waals surface area contributed by atoms with Gasteiger partial charge in [-0.15, -0.1) is 0 Å². The second-order valence-corrected chi connectivity index (χ2v) is 28.5. The zero-order valence-corrected chi connectivity index (χ0v) is 50.0. The molecule has 0 bridgehead atoms. The molecule has 2 spiro atoms. The molecule has 0 unspecified atom stereocenters. The zero-order chi connectivity index (χ0) is 59.1. The third kappa shape index (κ3) is 11.0. The van der Waals surface area contributed by atoms with Gasteiger partial charge in [0.25, 0.3) is 0 Å². The van der Waals surface area contributed by atoms with Gasteiger partial charge in [-0.3, -0.25) is 9.59 Å². The van der Waals surface area contributed by atoms with Crippen molar-refractivity contribution in [1.29, 1.82) is 0 Å². The molecule has 6 aromatic rings. The van der Waals surface area contributed by atoms with Crippen LogP contribution in [0.5, 0.6) is 11.8 Å². The van der Waals surface area contributed by atoms with E-state index in [1.54, 1.807) is 63.5 Å². The maximum atomic E-state index is 15.4. The van der Waals surface area contributed by atoms with E-state index in [9.17, 15) is 40.3 Å². The summed E-state index contributed by atoms with van der Waals surface area (Å²) in [6, 6.07) is 19.7. The number of aliphatic carboxylic acids is 1. The molecule has 4 aromatic carbocycles. The van der Waals surface area contributed by atoms with Gasteiger partial charge in [-0.25, -0.2) is 53.0 Å². The number of fused-ring (bicyclic) bond motifs is 6. The maximum absolute atomic E-state index is 15.4. The van der Waals surface area contributed by atoms with E-state index in [0.717, 1.165) is 40.0 Å². The van der Waals surface area contributed by atoms with E-state index in [1.807, 2.05) is 28.0 Å². The number of carboxylic acids is 1. The van der Waals surface area contributed by atoms with Gasteiger partial charge in [-0.05, 0) is 151 Å². The van der Waals surface area contributed by atoms with E-state index in [0.29, 0.717) is 116 Å². The summed E-state index contributed by atoms with van der Waals surface area (Å²) in [6.45, 7) is 10.2. The van der Waals surface area contributed by atoms with Crippen LogP contribution in [0.25, 0.3) is 22.3 Å². The smallest absolute Gasteiger partial charge is 0.870 e. The summed E-state index contributed by atoms with van der Waals surface area (Å²) in [5.74, 6) is -1.81. The molecule has 4 aliphatic heterocycles. The van der Waals surface area contributed by atoms with E-state index >= 15 is 8.78 Å². The molecule has 6 atom stereocenters. The van der Waals surface area contributed by atoms with Crippen LogP contribution in [-0.4, -0.2) is 129 Å². The van der Waals surface area contributed by atoms with Gasteiger partial charge in [0.2, 0.25) is 31.8 Å². The molecule has 4 saturated heterocycles. The number of carbonyl (C=O) groups is 2. The molecule has 2 aromatic heterocycles. The fraction of sp³-hybridized carbons (Fsp3) is 0.419. The third-order valence-electron chi connectivity index (χ3n) is 18.7. The van der Waals surface area contributed by atoms with Crippen LogP contribution in [0.15, 0.2) is 85.2 Å². The van der Waals surface area contributed by atoms with Crippen molar-refractivity contribution in [3.63, 3.8) is 0 Å². The van der Waals surface area contributed by atoms with Gasteiger partial charge in [0, 0.05) is 133 Å². The summed E-state index contributed by atoms with van der Waals surface area (Å²) in [5.41, 5.74) is 9.12. The van der Waals surface area contributed by atoms with E-state index in [4.69, 9.17) is 14.2 Å². The summed E-state index contributed by atoms with van der Waals surface area (Å²) < 4.78 is 127. The van der Waals surface area contributed by atoms with E-state index in [-0.39, 0.29) is 95.4 Å². The maximum Gasteiger partial charge on any atom is 1.00 e. The van der Waals surface area contributed by atoms with Crippen molar-refractivity contribution in [1.82, 2.24) is 18.6 Å². The minimum Gasteiger partial charge on any atom is -0.870 e. The minimum absolute atomic E-state index is 0. The van der Waals surface area contributed by atoms with Crippen molar-refractivity contribution in [3.8, 4) is 34.0 Å². The normalized spacial score (nSPS) is 23.0. The van der Waals surface area contributed by atoms with Crippen molar-refractivity contribution >= 4 is 43.4 Å². The standard InChI is InChI=1S/C32H33F2N3O5S.C30H29F2N3O5S.Li.H2O/c1-4-41-31(38)30-24-8-19-10-28(35-12-25(19)29(24)30)42-13-20-9-23(18(2)7-26(20)33)22-6-5-21(11-27(22)34)36-14-32(15-36)16-37(17-32)43(3,39)40;1-16-5-24(31)18(11-40-26-8-17-6-22-27(23(17)10-33-26)28(22)29(36)37)7-21(16)20-4-3-19(9-25(20)32)34-12-30(13-34)14-35(15-30)41(2,38)39;;/h5-7,9-12,24,29-30H,4,8,13-17H2,1-3H3;3-5,7-10,22,27-28H,6,11-15H2,1-2H3,(H,36,37);;1H2/q;;+1;/p-1/t24-,29-,30+;22-,27-,28+;;/m11../s1. The Morgan fingerprint density at radius 2 is 1.00 bits per heavy atom. The quantitative estimate of drug-likeness (QED) is 0.0790. The number of carbonyl (C=O) groups excluding carboxylic acids is 1. The van der Waals surface area contributed by atoms with E-state index in [2.05, 4.69) is 9.97 Å². The average molecular weight is 1220 g/mol. The number of pyridine rings is 2. The van der Waals surface area contributed by atoms with Gasteiger partial charge in [0.15, 0.2) is 0 Å². The molecular weight excluding hydrogens is 1150 g/mol. The summed E-state index contributed by atoms with van der Waals surface area (Å²) in [7, 11) is -6.36. The third-order valence-corrected chi connectivity index (χ3v) is 21.0. The number of hydrogen-bond acceptors (Lipinski definition) is 14. The second-order valence-electron chi connectivity index (χ2n) is 24.6. The van der Waals surface area contributed by atoms with Crippen molar-refractivity contribution in [3.05, 3.63) is 153 Å². The zero-order valence-electron chi connectivity index (χ0n) is 48.3. The topological polar surface area (TPSA) is 219 Å². The Balaban J connectivity index is 0.000000175. The van der Waals surface area contributed by atoms with Gasteiger partial charge in [0.1, 0.15) is 36.5 Å². The first-order chi connectivity index (χ1) is 39.9. The molecule has 448 valence electrons. The van der Waals surface area contributed by atoms with Gasteiger partial charge in [0.05, 0.1) is 31.0 Å². The van der Waals surface area contributed by atoms with Crippen LogP contribution < -0.4 is 38.1 Å². The van der Waals surface area contributed by atoms with Gasteiger partial charge >= 0.3 is 30.8 Å².